The average molecular weight is 230 g/mol. The molecule has 16 heavy (non-hydrogen) atoms. The maximum atomic E-state index is 11.3. The zero-order valence-electron chi connectivity index (χ0n) is 9.19. The molecule has 1 N–H and O–H groups in total. The molecule has 0 bridgehead atoms. The van der Waals surface area contributed by atoms with Crippen LogP contribution < -0.4 is 5.32 Å². The Balaban J connectivity index is 2.56. The number of hydrogen-bond donors (Lipinski definition) is 1. The molecule has 1 rings (SSSR count). The van der Waals surface area contributed by atoms with Gasteiger partial charge in [0.2, 0.25) is 5.91 Å². The number of rotatable bonds is 3. The molecule has 0 aromatic carbocycles. The van der Waals surface area contributed by atoms with Gasteiger partial charge in [0.25, 0.3) is 0 Å². The minimum atomic E-state index is -0.732. The second-order valence-electron chi connectivity index (χ2n) is 3.26. The Morgan fingerprint density at radius 3 is 2.88 bits per heavy atom. The van der Waals surface area contributed by atoms with Gasteiger partial charge in [-0.25, -0.2) is 9.59 Å². The first-order valence-corrected chi connectivity index (χ1v) is 4.82. The van der Waals surface area contributed by atoms with E-state index in [1.54, 1.807) is 0 Å². The molecule has 0 saturated carbocycles. The summed E-state index contributed by atoms with van der Waals surface area (Å²) in [7, 11) is 2.73. The molecule has 1 atom stereocenters. The van der Waals surface area contributed by atoms with Crippen LogP contribution in [0.5, 0.6) is 0 Å². The van der Waals surface area contributed by atoms with Crippen molar-refractivity contribution >= 4 is 18.0 Å². The third-order valence-corrected chi connectivity index (χ3v) is 2.33. The third-order valence-electron chi connectivity index (χ3n) is 2.33. The molecule has 0 aliphatic carbocycles. The summed E-state index contributed by atoms with van der Waals surface area (Å²) in [5.41, 5.74) is 0. The normalized spacial score (nSPS) is 19.2. The molecule has 2 amide bonds. The highest BCUT2D eigenvalue weighted by Crippen LogP contribution is 2.17. The minimum absolute atomic E-state index is 0.121. The van der Waals surface area contributed by atoms with Crippen molar-refractivity contribution in [3.63, 3.8) is 0 Å². The molecule has 0 aromatic heterocycles. The summed E-state index contributed by atoms with van der Waals surface area (Å²) >= 11 is 0. The first-order valence-electron chi connectivity index (χ1n) is 4.82. The lowest BCUT2D eigenvalue weighted by molar-refractivity contribution is -0.139. The van der Waals surface area contributed by atoms with Gasteiger partial charge in [-0.1, -0.05) is 0 Å². The Bertz CT molecular complexity index is 304. The zero-order chi connectivity index (χ0) is 12.1. The molecule has 7 nitrogen and oxygen atoms in total. The Labute approximate surface area is 92.7 Å². The van der Waals surface area contributed by atoms with Crippen molar-refractivity contribution in [2.75, 3.05) is 20.9 Å². The number of carbonyl (C=O) groups excluding carboxylic acids is 3. The fourth-order valence-electron chi connectivity index (χ4n) is 1.41. The lowest BCUT2D eigenvalue weighted by Crippen LogP contribution is -2.38. The third kappa shape index (κ3) is 2.62. The van der Waals surface area contributed by atoms with Crippen LogP contribution in [0.3, 0.4) is 0 Å². The molecule has 0 aromatic rings. The summed E-state index contributed by atoms with van der Waals surface area (Å²) in [6.07, 6.45) is -0.245. The van der Waals surface area contributed by atoms with Crippen molar-refractivity contribution in [3.8, 4) is 0 Å². The maximum absolute atomic E-state index is 11.3. The van der Waals surface area contributed by atoms with Crippen molar-refractivity contribution in [2.24, 2.45) is 0 Å². The maximum Gasteiger partial charge on any atom is 0.412 e. The Kier molecular flexibility index (Phi) is 4.10. The molecule has 0 unspecified atom stereocenters. The van der Waals surface area contributed by atoms with Crippen molar-refractivity contribution in [1.82, 2.24) is 10.2 Å². The van der Waals surface area contributed by atoms with E-state index in [9.17, 15) is 14.4 Å². The molecule has 0 spiro atoms. The van der Waals surface area contributed by atoms with Crippen LogP contribution in [0, 0.1) is 0 Å². The van der Waals surface area contributed by atoms with Crippen LogP contribution in [0.2, 0.25) is 0 Å². The number of ether oxygens (including phenoxy) is 2. The van der Waals surface area contributed by atoms with Crippen LogP contribution in [0.25, 0.3) is 0 Å². The van der Waals surface area contributed by atoms with Crippen LogP contribution in [0.15, 0.2) is 0 Å². The smallest absolute Gasteiger partial charge is 0.412 e. The lowest BCUT2D eigenvalue weighted by atomic mass is 10.1. The second kappa shape index (κ2) is 5.34. The first kappa shape index (κ1) is 12.3. The molecule has 1 fully saturated rings. The molecule has 1 aliphatic heterocycles. The molecule has 1 heterocycles. The SMILES string of the molecule is CNC(=O)CC[C@H]1C(=O)OCN1C(=O)OC. The van der Waals surface area contributed by atoms with E-state index in [4.69, 9.17) is 4.74 Å². The Morgan fingerprint density at radius 1 is 1.62 bits per heavy atom. The van der Waals surface area contributed by atoms with Gasteiger partial charge >= 0.3 is 12.1 Å². The van der Waals surface area contributed by atoms with Crippen LogP contribution in [-0.2, 0) is 19.1 Å². The van der Waals surface area contributed by atoms with Crippen LogP contribution >= 0.6 is 0 Å². The first-order chi connectivity index (χ1) is 7.60. The van der Waals surface area contributed by atoms with Gasteiger partial charge in [-0.15, -0.1) is 0 Å². The predicted molar refractivity (Wildman–Crippen MR) is 52.3 cm³/mol. The molecule has 0 radical (unpaired) electrons. The summed E-state index contributed by atoms with van der Waals surface area (Å²) in [4.78, 5) is 34.7. The summed E-state index contributed by atoms with van der Waals surface area (Å²) in [6.45, 7) is -0.121. The lowest BCUT2D eigenvalue weighted by Gasteiger charge is -2.17. The number of hydrogen-bond acceptors (Lipinski definition) is 5. The fourth-order valence-corrected chi connectivity index (χ4v) is 1.41. The predicted octanol–water partition coefficient (Wildman–Crippen LogP) is -0.536. The van der Waals surface area contributed by atoms with E-state index in [2.05, 4.69) is 10.1 Å². The van der Waals surface area contributed by atoms with E-state index >= 15 is 0 Å². The van der Waals surface area contributed by atoms with E-state index < -0.39 is 18.1 Å². The number of nitrogens with zero attached hydrogens (tertiary/aromatic N) is 1. The van der Waals surface area contributed by atoms with E-state index in [1.807, 2.05) is 0 Å². The highest BCUT2D eigenvalue weighted by atomic mass is 16.6. The standard InChI is InChI=1S/C9H14N2O5/c1-10-7(12)4-3-6-8(13)16-5-11(6)9(14)15-2/h6H,3-5H2,1-2H3,(H,10,12)/t6-/m0/s1. The number of amides is 2. The van der Waals surface area contributed by atoms with Crippen molar-refractivity contribution in [1.29, 1.82) is 0 Å². The topological polar surface area (TPSA) is 84.9 Å². The number of methoxy groups -OCH3 is 1. The Morgan fingerprint density at radius 2 is 2.31 bits per heavy atom. The van der Waals surface area contributed by atoms with Gasteiger partial charge in [-0.2, -0.15) is 0 Å². The van der Waals surface area contributed by atoms with Gasteiger partial charge in [-0.05, 0) is 6.42 Å². The van der Waals surface area contributed by atoms with Crippen LogP contribution in [-0.4, -0.2) is 49.8 Å². The molecule has 1 aliphatic rings. The van der Waals surface area contributed by atoms with E-state index in [0.717, 1.165) is 4.90 Å². The molecule has 7 heteroatoms. The number of cyclic esters (lactones) is 1. The van der Waals surface area contributed by atoms with Gasteiger partial charge in [0.1, 0.15) is 6.04 Å². The van der Waals surface area contributed by atoms with Crippen molar-refractivity contribution < 1.29 is 23.9 Å². The summed E-state index contributed by atoms with van der Waals surface area (Å²) in [5, 5.41) is 2.44. The summed E-state index contributed by atoms with van der Waals surface area (Å²) < 4.78 is 9.22. The highest BCUT2D eigenvalue weighted by molar-refractivity contribution is 5.84. The van der Waals surface area contributed by atoms with Crippen LogP contribution in [0.4, 0.5) is 4.79 Å². The van der Waals surface area contributed by atoms with Gasteiger partial charge in [0, 0.05) is 13.5 Å². The molecular weight excluding hydrogens is 216 g/mol. The summed E-state index contributed by atoms with van der Waals surface area (Å²) in [6, 6.07) is -0.732. The van der Waals surface area contributed by atoms with Gasteiger partial charge in [-0.3, -0.25) is 9.69 Å². The molecule has 90 valence electrons. The molecule has 1 saturated heterocycles. The Hall–Kier alpha value is -1.79. The average Bonchev–Trinajstić information content (AvgIpc) is 2.66. The van der Waals surface area contributed by atoms with E-state index in [-0.39, 0.29) is 25.5 Å². The largest absolute Gasteiger partial charge is 0.453 e. The highest BCUT2D eigenvalue weighted by Gasteiger charge is 2.38. The minimum Gasteiger partial charge on any atom is -0.453 e. The van der Waals surface area contributed by atoms with Gasteiger partial charge in [0.15, 0.2) is 6.73 Å². The summed E-state index contributed by atoms with van der Waals surface area (Å²) in [5.74, 6) is -0.696. The van der Waals surface area contributed by atoms with Crippen molar-refractivity contribution in [3.05, 3.63) is 0 Å². The quantitative estimate of drug-likeness (QED) is 0.658. The van der Waals surface area contributed by atoms with E-state index in [1.165, 1.54) is 14.2 Å². The fraction of sp³-hybridized carbons (Fsp3) is 0.667. The van der Waals surface area contributed by atoms with Gasteiger partial charge in [0.05, 0.1) is 7.11 Å². The number of esters is 1. The van der Waals surface area contributed by atoms with E-state index in [0.29, 0.717) is 0 Å². The number of nitrogens with one attached hydrogen (secondary N) is 1. The van der Waals surface area contributed by atoms with Crippen molar-refractivity contribution in [2.45, 2.75) is 18.9 Å². The number of carbonyl (C=O) groups is 3. The monoisotopic (exact) mass is 230 g/mol. The van der Waals surface area contributed by atoms with Gasteiger partial charge < -0.3 is 14.8 Å². The molecular formula is C9H14N2O5. The van der Waals surface area contributed by atoms with Crippen LogP contribution in [0.1, 0.15) is 12.8 Å². The second-order valence-corrected chi connectivity index (χ2v) is 3.26. The zero-order valence-corrected chi connectivity index (χ0v) is 9.19.